The Morgan fingerprint density at radius 3 is 2.71 bits per heavy atom. The Morgan fingerprint density at radius 2 is 1.90 bits per heavy atom. The number of hydrogen-bond acceptors (Lipinski definition) is 3. The molecule has 3 nitrogen and oxygen atoms in total. The summed E-state index contributed by atoms with van der Waals surface area (Å²) in [7, 11) is 0. The molecule has 0 saturated heterocycles. The van der Waals surface area contributed by atoms with Gasteiger partial charge in [-0.1, -0.05) is 42.5 Å². The van der Waals surface area contributed by atoms with Crippen LogP contribution in [0, 0.1) is 0 Å². The van der Waals surface area contributed by atoms with Gasteiger partial charge in [-0.05, 0) is 50.3 Å². The lowest BCUT2D eigenvalue weighted by molar-refractivity contribution is 0.554. The van der Waals surface area contributed by atoms with E-state index in [1.807, 2.05) is 6.20 Å². The minimum atomic E-state index is 0.0483. The second-order valence-corrected chi connectivity index (χ2v) is 5.92. The molecule has 4 heteroatoms. The van der Waals surface area contributed by atoms with Crippen LogP contribution in [-0.2, 0) is 6.42 Å². The molecule has 0 aliphatic heterocycles. The first-order valence-electron chi connectivity index (χ1n) is 6.81. The highest BCUT2D eigenvalue weighted by Crippen LogP contribution is 2.26. The first kappa shape index (κ1) is 14.2. The second-order valence-electron chi connectivity index (χ2n) is 5.00. The Labute approximate surface area is 132 Å². The Balaban J connectivity index is 1.98. The molecule has 0 bridgehead atoms. The van der Waals surface area contributed by atoms with Crippen molar-refractivity contribution in [2.24, 2.45) is 5.84 Å². The summed E-state index contributed by atoms with van der Waals surface area (Å²) in [4.78, 5) is 4.21. The number of nitrogens with one attached hydrogen (secondary N) is 1. The van der Waals surface area contributed by atoms with Crippen molar-refractivity contribution in [1.82, 2.24) is 10.4 Å². The zero-order valence-electron chi connectivity index (χ0n) is 11.5. The number of fused-ring (bicyclic) bond motifs is 1. The molecule has 0 aliphatic carbocycles. The first-order valence-corrected chi connectivity index (χ1v) is 7.60. The SMILES string of the molecule is NNC(Cc1cncc(Br)c1)c1cccc2ccccc12. The number of hydrogen-bond donors (Lipinski definition) is 2. The molecule has 106 valence electrons. The molecule has 0 spiro atoms. The topological polar surface area (TPSA) is 50.9 Å². The highest BCUT2D eigenvalue weighted by molar-refractivity contribution is 9.10. The smallest absolute Gasteiger partial charge is 0.0507 e. The average molecular weight is 342 g/mol. The van der Waals surface area contributed by atoms with Crippen LogP contribution in [0.4, 0.5) is 0 Å². The van der Waals surface area contributed by atoms with Gasteiger partial charge in [-0.25, -0.2) is 0 Å². The Bertz CT molecular complexity index is 752. The number of hydrazine groups is 1. The zero-order valence-corrected chi connectivity index (χ0v) is 13.0. The van der Waals surface area contributed by atoms with Gasteiger partial charge in [0, 0.05) is 16.9 Å². The highest BCUT2D eigenvalue weighted by Gasteiger charge is 2.13. The maximum absolute atomic E-state index is 5.80. The fourth-order valence-corrected chi connectivity index (χ4v) is 3.03. The van der Waals surface area contributed by atoms with Gasteiger partial charge in [-0.2, -0.15) is 0 Å². The van der Waals surface area contributed by atoms with Crippen LogP contribution in [0.25, 0.3) is 10.8 Å². The summed E-state index contributed by atoms with van der Waals surface area (Å²) in [5.74, 6) is 5.80. The summed E-state index contributed by atoms with van der Waals surface area (Å²) < 4.78 is 0.980. The standard InChI is InChI=1S/C17H16BrN3/c18-14-8-12(10-20-11-14)9-17(21-19)16-7-3-5-13-4-1-2-6-15(13)16/h1-8,10-11,17,21H,9,19H2. The van der Waals surface area contributed by atoms with Crippen molar-refractivity contribution in [2.75, 3.05) is 0 Å². The summed E-state index contributed by atoms with van der Waals surface area (Å²) in [5, 5.41) is 2.45. The molecular weight excluding hydrogens is 326 g/mol. The van der Waals surface area contributed by atoms with Crippen LogP contribution in [0.2, 0.25) is 0 Å². The number of rotatable bonds is 4. The van der Waals surface area contributed by atoms with Crippen LogP contribution in [0.1, 0.15) is 17.2 Å². The molecule has 2 aromatic carbocycles. The zero-order chi connectivity index (χ0) is 14.7. The molecule has 0 amide bonds. The van der Waals surface area contributed by atoms with E-state index in [-0.39, 0.29) is 6.04 Å². The van der Waals surface area contributed by atoms with Gasteiger partial charge in [0.25, 0.3) is 0 Å². The van der Waals surface area contributed by atoms with Gasteiger partial charge in [0.15, 0.2) is 0 Å². The van der Waals surface area contributed by atoms with Gasteiger partial charge < -0.3 is 0 Å². The minimum absolute atomic E-state index is 0.0483. The molecule has 1 heterocycles. The van der Waals surface area contributed by atoms with E-state index in [0.717, 1.165) is 16.5 Å². The van der Waals surface area contributed by atoms with Crippen molar-refractivity contribution in [3.8, 4) is 0 Å². The van der Waals surface area contributed by atoms with E-state index in [0.29, 0.717) is 0 Å². The molecular formula is C17H16BrN3. The molecule has 0 radical (unpaired) electrons. The fraction of sp³-hybridized carbons (Fsp3) is 0.118. The van der Waals surface area contributed by atoms with E-state index in [2.05, 4.69) is 74.9 Å². The molecule has 0 fully saturated rings. The third-order valence-corrected chi connectivity index (χ3v) is 4.03. The summed E-state index contributed by atoms with van der Waals surface area (Å²) in [6.07, 6.45) is 4.45. The summed E-state index contributed by atoms with van der Waals surface area (Å²) in [5.41, 5.74) is 5.28. The molecule has 0 saturated carbocycles. The lowest BCUT2D eigenvalue weighted by Crippen LogP contribution is -2.29. The Hall–Kier alpha value is -1.75. The van der Waals surface area contributed by atoms with Crippen LogP contribution in [0.15, 0.2) is 65.4 Å². The molecule has 3 N–H and O–H groups in total. The van der Waals surface area contributed by atoms with Crippen LogP contribution < -0.4 is 11.3 Å². The maximum Gasteiger partial charge on any atom is 0.0507 e. The normalized spacial score (nSPS) is 12.5. The predicted molar refractivity (Wildman–Crippen MR) is 89.7 cm³/mol. The number of nitrogens with two attached hydrogens (primary N) is 1. The molecule has 1 aromatic heterocycles. The van der Waals surface area contributed by atoms with Crippen molar-refractivity contribution >= 4 is 26.7 Å². The van der Waals surface area contributed by atoms with Gasteiger partial charge in [-0.15, -0.1) is 0 Å². The van der Waals surface area contributed by atoms with Crippen molar-refractivity contribution in [3.05, 3.63) is 76.5 Å². The van der Waals surface area contributed by atoms with Crippen molar-refractivity contribution in [3.63, 3.8) is 0 Å². The van der Waals surface area contributed by atoms with E-state index in [1.54, 1.807) is 6.20 Å². The lowest BCUT2D eigenvalue weighted by Gasteiger charge is -2.18. The van der Waals surface area contributed by atoms with E-state index in [1.165, 1.54) is 16.3 Å². The Morgan fingerprint density at radius 1 is 1.10 bits per heavy atom. The first-order chi connectivity index (χ1) is 10.3. The predicted octanol–water partition coefficient (Wildman–Crippen LogP) is 3.74. The lowest BCUT2D eigenvalue weighted by atomic mass is 9.95. The number of pyridine rings is 1. The van der Waals surface area contributed by atoms with Gasteiger partial charge in [0.05, 0.1) is 6.04 Å². The number of benzene rings is 2. The third-order valence-electron chi connectivity index (χ3n) is 3.60. The third kappa shape index (κ3) is 3.13. The van der Waals surface area contributed by atoms with Crippen LogP contribution >= 0.6 is 15.9 Å². The molecule has 3 rings (SSSR count). The summed E-state index contributed by atoms with van der Waals surface area (Å²) in [6, 6.07) is 16.8. The van der Waals surface area contributed by atoms with Crippen molar-refractivity contribution in [1.29, 1.82) is 0 Å². The number of nitrogens with zero attached hydrogens (tertiary/aromatic N) is 1. The Kier molecular flexibility index (Phi) is 4.29. The highest BCUT2D eigenvalue weighted by atomic mass is 79.9. The quantitative estimate of drug-likeness (QED) is 0.561. The van der Waals surface area contributed by atoms with Gasteiger partial charge in [-0.3, -0.25) is 16.3 Å². The van der Waals surface area contributed by atoms with Gasteiger partial charge in [0.1, 0.15) is 0 Å². The van der Waals surface area contributed by atoms with Gasteiger partial charge in [0.2, 0.25) is 0 Å². The van der Waals surface area contributed by atoms with E-state index < -0.39 is 0 Å². The molecule has 1 atom stereocenters. The summed E-state index contributed by atoms with van der Waals surface area (Å²) in [6.45, 7) is 0. The average Bonchev–Trinajstić information content (AvgIpc) is 2.52. The minimum Gasteiger partial charge on any atom is -0.271 e. The number of aromatic nitrogens is 1. The largest absolute Gasteiger partial charge is 0.271 e. The van der Waals surface area contributed by atoms with Crippen molar-refractivity contribution in [2.45, 2.75) is 12.5 Å². The second kappa shape index (κ2) is 6.35. The van der Waals surface area contributed by atoms with Crippen LogP contribution in [0.3, 0.4) is 0 Å². The van der Waals surface area contributed by atoms with Crippen LogP contribution in [-0.4, -0.2) is 4.98 Å². The monoisotopic (exact) mass is 341 g/mol. The summed E-state index contributed by atoms with van der Waals surface area (Å²) >= 11 is 3.46. The van der Waals surface area contributed by atoms with E-state index >= 15 is 0 Å². The molecule has 0 aliphatic rings. The maximum atomic E-state index is 5.80. The number of halogens is 1. The molecule has 3 aromatic rings. The fourth-order valence-electron chi connectivity index (χ4n) is 2.62. The van der Waals surface area contributed by atoms with Crippen LogP contribution in [0.5, 0.6) is 0 Å². The van der Waals surface area contributed by atoms with E-state index in [4.69, 9.17) is 5.84 Å². The molecule has 1 unspecified atom stereocenters. The van der Waals surface area contributed by atoms with Crippen molar-refractivity contribution < 1.29 is 0 Å². The molecule has 21 heavy (non-hydrogen) atoms. The van der Waals surface area contributed by atoms with E-state index in [9.17, 15) is 0 Å². The van der Waals surface area contributed by atoms with Gasteiger partial charge >= 0.3 is 0 Å².